The highest BCUT2D eigenvalue weighted by Crippen LogP contribution is 2.38. The first-order chi connectivity index (χ1) is 20.4. The van der Waals surface area contributed by atoms with Crippen molar-refractivity contribution in [1.29, 1.82) is 0 Å². The summed E-state index contributed by atoms with van der Waals surface area (Å²) in [5.74, 6) is 8.41. The third-order valence-corrected chi connectivity index (χ3v) is 19.5. The van der Waals surface area contributed by atoms with Crippen molar-refractivity contribution in [2.24, 2.45) is 0 Å². The maximum Gasteiger partial charge on any atom is 0.177 e. The fourth-order valence-corrected chi connectivity index (χ4v) is 11.4. The lowest BCUT2D eigenvalue weighted by atomic mass is 9.95. The van der Waals surface area contributed by atoms with Crippen LogP contribution in [0, 0.1) is 22.9 Å². The van der Waals surface area contributed by atoms with Crippen LogP contribution in [0.2, 0.25) is 36.3 Å². The third-order valence-electron chi connectivity index (χ3n) is 10.1. The summed E-state index contributed by atoms with van der Waals surface area (Å²) in [5.41, 5.74) is 9.20. The molecular formula is C38H40O2Si2. The summed E-state index contributed by atoms with van der Waals surface area (Å²) in [7, 11) is -3.07. The zero-order chi connectivity index (χ0) is 29.5. The van der Waals surface area contributed by atoms with Crippen LogP contribution < -0.4 is 0 Å². The van der Waals surface area contributed by atoms with E-state index in [-0.39, 0.29) is 0 Å². The average Bonchev–Trinajstić information content (AvgIpc) is 3.66. The quantitative estimate of drug-likeness (QED) is 0.111. The molecule has 0 aliphatic carbocycles. The molecule has 2 aromatic heterocycles. The molecule has 0 unspecified atom stereocenters. The van der Waals surface area contributed by atoms with Gasteiger partial charge in [-0.2, -0.15) is 0 Å². The van der Waals surface area contributed by atoms with E-state index in [0.717, 1.165) is 44.2 Å². The number of hydrogen-bond donors (Lipinski definition) is 0. The van der Waals surface area contributed by atoms with Crippen LogP contribution in [-0.2, 0) is 0 Å². The van der Waals surface area contributed by atoms with Gasteiger partial charge in [-0.15, -0.1) is 11.1 Å². The van der Waals surface area contributed by atoms with E-state index in [9.17, 15) is 0 Å². The average molecular weight is 585 g/mol. The first-order valence-electron chi connectivity index (χ1n) is 15.7. The molecule has 0 N–H and O–H groups in total. The second-order valence-corrected chi connectivity index (χ2v) is 21.7. The predicted octanol–water partition coefficient (Wildman–Crippen LogP) is 11.4. The van der Waals surface area contributed by atoms with Gasteiger partial charge in [-0.05, 0) is 81.8 Å². The largest absolute Gasteiger partial charge is 0.447 e. The van der Waals surface area contributed by atoms with Gasteiger partial charge < -0.3 is 8.83 Å². The van der Waals surface area contributed by atoms with Crippen molar-refractivity contribution >= 4 is 70.4 Å². The first-order valence-corrected chi connectivity index (χ1v) is 21.0. The molecule has 0 saturated carbocycles. The van der Waals surface area contributed by atoms with Crippen molar-refractivity contribution in [3.63, 3.8) is 0 Å². The van der Waals surface area contributed by atoms with Gasteiger partial charge in [0.1, 0.15) is 27.3 Å². The molecule has 0 radical (unpaired) electrons. The van der Waals surface area contributed by atoms with Crippen LogP contribution in [-0.4, -0.2) is 16.1 Å². The standard InChI is InChI=1S/C38H40O2Si2/c1-7-41(8-2,9-3)23-21-29-25-27-13-15-33-31-18-20-36-34(32(31)17-19-35(33)37(27)39-29)16-14-28-26-30(40-38(28)36)22-24-42(10-4,11-5)12-6/h13-20,25-26H,7-12H2,1-6H3. The molecule has 42 heavy (non-hydrogen) atoms. The van der Waals surface area contributed by atoms with Gasteiger partial charge in [-0.25, -0.2) is 0 Å². The fraction of sp³-hybridized carbons (Fsp3) is 0.316. The van der Waals surface area contributed by atoms with Crippen LogP contribution in [0.3, 0.4) is 0 Å². The predicted molar refractivity (Wildman–Crippen MR) is 187 cm³/mol. The van der Waals surface area contributed by atoms with E-state index in [1.165, 1.54) is 57.8 Å². The summed E-state index contributed by atoms with van der Waals surface area (Å²) in [6.45, 7) is 13.7. The summed E-state index contributed by atoms with van der Waals surface area (Å²) in [4.78, 5) is 0. The Labute approximate surface area is 251 Å². The number of furan rings is 2. The molecule has 2 nitrogen and oxygen atoms in total. The summed E-state index contributed by atoms with van der Waals surface area (Å²) in [6.07, 6.45) is 0. The minimum atomic E-state index is -1.54. The minimum Gasteiger partial charge on any atom is -0.447 e. The summed E-state index contributed by atoms with van der Waals surface area (Å²) in [6, 6.07) is 29.0. The molecular weight excluding hydrogens is 545 g/mol. The second kappa shape index (κ2) is 11.2. The highest BCUT2D eigenvalue weighted by atomic mass is 28.3. The zero-order valence-electron chi connectivity index (χ0n) is 25.8. The van der Waals surface area contributed by atoms with E-state index in [2.05, 4.69) is 125 Å². The monoisotopic (exact) mass is 584 g/mol. The van der Waals surface area contributed by atoms with E-state index in [1.807, 2.05) is 0 Å². The molecule has 6 aromatic rings. The smallest absolute Gasteiger partial charge is 0.177 e. The molecule has 4 aromatic carbocycles. The second-order valence-electron chi connectivity index (χ2n) is 11.8. The Hall–Kier alpha value is -3.71. The third kappa shape index (κ3) is 4.68. The van der Waals surface area contributed by atoms with E-state index >= 15 is 0 Å². The van der Waals surface area contributed by atoms with E-state index in [0.29, 0.717) is 0 Å². The van der Waals surface area contributed by atoms with Crippen LogP contribution in [0.25, 0.3) is 54.3 Å². The summed E-state index contributed by atoms with van der Waals surface area (Å²) >= 11 is 0. The lowest BCUT2D eigenvalue weighted by Crippen LogP contribution is -2.29. The zero-order valence-corrected chi connectivity index (χ0v) is 27.8. The van der Waals surface area contributed by atoms with Gasteiger partial charge in [0.05, 0.1) is 0 Å². The van der Waals surface area contributed by atoms with Crippen molar-refractivity contribution in [3.8, 4) is 22.9 Å². The Morgan fingerprint density at radius 3 is 1.12 bits per heavy atom. The Bertz CT molecular complexity index is 1910. The summed E-state index contributed by atoms with van der Waals surface area (Å²) in [5, 5.41) is 9.30. The molecule has 0 amide bonds. The summed E-state index contributed by atoms with van der Waals surface area (Å²) < 4.78 is 12.8. The first kappa shape index (κ1) is 28.4. The van der Waals surface area contributed by atoms with E-state index in [1.54, 1.807) is 0 Å². The van der Waals surface area contributed by atoms with Gasteiger partial charge >= 0.3 is 0 Å². The number of fused-ring (bicyclic) bond motifs is 9. The minimum absolute atomic E-state index is 0.777. The molecule has 0 fully saturated rings. The maximum atomic E-state index is 6.40. The van der Waals surface area contributed by atoms with Crippen LogP contribution >= 0.6 is 0 Å². The molecule has 2 heterocycles. The molecule has 0 bridgehead atoms. The SMILES string of the molecule is CC[Si](C#Cc1cc2ccc3c4ccc5c(ccc6cc(C#C[Si](CC)(CC)CC)oc65)c4ccc3c2o1)(CC)CC. The van der Waals surface area contributed by atoms with Gasteiger partial charge in [-0.1, -0.05) is 77.9 Å². The Morgan fingerprint density at radius 2 is 0.762 bits per heavy atom. The van der Waals surface area contributed by atoms with E-state index < -0.39 is 16.1 Å². The van der Waals surface area contributed by atoms with Crippen LogP contribution in [0.1, 0.15) is 53.1 Å². The topological polar surface area (TPSA) is 26.3 Å². The molecule has 0 aliphatic heterocycles. The maximum absolute atomic E-state index is 6.40. The lowest BCUT2D eigenvalue weighted by Gasteiger charge is -2.19. The van der Waals surface area contributed by atoms with Gasteiger partial charge in [0.25, 0.3) is 0 Å². The number of benzene rings is 4. The molecule has 0 aliphatic rings. The van der Waals surface area contributed by atoms with Crippen molar-refractivity contribution < 1.29 is 8.83 Å². The van der Waals surface area contributed by atoms with Crippen LogP contribution in [0.15, 0.2) is 69.5 Å². The molecule has 0 atom stereocenters. The van der Waals surface area contributed by atoms with Crippen LogP contribution in [0.5, 0.6) is 0 Å². The fourth-order valence-electron chi connectivity index (χ4n) is 6.57. The Morgan fingerprint density at radius 1 is 0.452 bits per heavy atom. The van der Waals surface area contributed by atoms with Crippen molar-refractivity contribution in [2.45, 2.75) is 77.8 Å². The lowest BCUT2D eigenvalue weighted by molar-refractivity contribution is 0.604. The van der Waals surface area contributed by atoms with E-state index in [4.69, 9.17) is 8.83 Å². The van der Waals surface area contributed by atoms with Gasteiger partial charge in [0.2, 0.25) is 0 Å². The van der Waals surface area contributed by atoms with Gasteiger partial charge in [0, 0.05) is 33.7 Å². The van der Waals surface area contributed by atoms with Crippen molar-refractivity contribution in [2.75, 3.05) is 0 Å². The highest BCUT2D eigenvalue weighted by Gasteiger charge is 2.25. The van der Waals surface area contributed by atoms with Crippen molar-refractivity contribution in [3.05, 3.63) is 72.2 Å². The number of rotatable bonds is 6. The Kier molecular flexibility index (Phi) is 7.56. The molecule has 6 rings (SSSR count). The highest BCUT2D eigenvalue weighted by molar-refractivity contribution is 6.87. The van der Waals surface area contributed by atoms with Gasteiger partial charge in [0.15, 0.2) is 11.5 Å². The molecule has 0 saturated heterocycles. The number of hydrogen-bond acceptors (Lipinski definition) is 2. The molecule has 0 spiro atoms. The Balaban J connectivity index is 1.46. The molecule has 212 valence electrons. The normalized spacial score (nSPS) is 12.2. The molecule has 4 heteroatoms. The van der Waals surface area contributed by atoms with Crippen LogP contribution in [0.4, 0.5) is 0 Å². The van der Waals surface area contributed by atoms with Gasteiger partial charge in [-0.3, -0.25) is 0 Å². The van der Waals surface area contributed by atoms with Crippen molar-refractivity contribution in [1.82, 2.24) is 0 Å².